The molecule has 0 heterocycles. The maximum Gasteiger partial charge on any atom is 0.0156 e. The van der Waals surface area contributed by atoms with Crippen molar-refractivity contribution in [2.45, 2.75) is 45.6 Å². The predicted octanol–water partition coefficient (Wildman–Crippen LogP) is 3.09. The monoisotopic (exact) mass is 272 g/mol. The van der Waals surface area contributed by atoms with Crippen LogP contribution in [0.2, 0.25) is 0 Å². The number of hydrogen-bond acceptors (Lipinski definition) is 3. The third-order valence-electron chi connectivity index (χ3n) is 4.45. The van der Waals surface area contributed by atoms with E-state index in [4.69, 9.17) is 0 Å². The summed E-state index contributed by atoms with van der Waals surface area (Å²) >= 11 is 1.96. The molecule has 1 N–H and O–H groups in total. The van der Waals surface area contributed by atoms with Gasteiger partial charge in [0.05, 0.1) is 0 Å². The third-order valence-corrected chi connectivity index (χ3v) is 5.15. The van der Waals surface area contributed by atoms with Gasteiger partial charge in [0, 0.05) is 12.6 Å². The molecule has 18 heavy (non-hydrogen) atoms. The Hall–Kier alpha value is 0.270. The molecular weight excluding hydrogens is 240 g/mol. The van der Waals surface area contributed by atoms with E-state index in [-0.39, 0.29) is 0 Å². The second kappa shape index (κ2) is 7.76. The van der Waals surface area contributed by atoms with E-state index in [9.17, 15) is 0 Å². The average Bonchev–Trinajstić information content (AvgIpc) is 2.28. The number of hydrogen-bond donors (Lipinski definition) is 1. The summed E-state index contributed by atoms with van der Waals surface area (Å²) in [6.07, 6.45) is 7.67. The van der Waals surface area contributed by atoms with Gasteiger partial charge < -0.3 is 10.2 Å². The fraction of sp³-hybridized carbons (Fsp3) is 1.00. The van der Waals surface area contributed by atoms with Gasteiger partial charge in [-0.25, -0.2) is 0 Å². The molecule has 0 aromatic heterocycles. The predicted molar refractivity (Wildman–Crippen MR) is 84.5 cm³/mol. The van der Waals surface area contributed by atoms with Gasteiger partial charge in [-0.1, -0.05) is 20.3 Å². The molecular formula is C15H32N2S. The standard InChI is InChI=1S/C15H32N2S/c1-15(2)9-6-8-13(14(15)16-3)12-17(4)10-7-11-18-5/h13-14,16H,6-12H2,1-5H3. The minimum absolute atomic E-state index is 0.456. The summed E-state index contributed by atoms with van der Waals surface area (Å²) in [5, 5.41) is 3.59. The Morgan fingerprint density at radius 3 is 2.72 bits per heavy atom. The largest absolute Gasteiger partial charge is 0.316 e. The molecule has 0 aromatic rings. The van der Waals surface area contributed by atoms with Crippen molar-refractivity contribution in [2.75, 3.05) is 39.2 Å². The zero-order valence-corrected chi connectivity index (χ0v) is 13.8. The number of rotatable bonds is 7. The van der Waals surface area contributed by atoms with Crippen molar-refractivity contribution in [1.82, 2.24) is 10.2 Å². The van der Waals surface area contributed by atoms with E-state index >= 15 is 0 Å². The smallest absolute Gasteiger partial charge is 0.0156 e. The third kappa shape index (κ3) is 4.75. The number of nitrogens with one attached hydrogen (secondary N) is 1. The van der Waals surface area contributed by atoms with Crippen LogP contribution >= 0.6 is 11.8 Å². The first-order valence-corrected chi connectivity index (χ1v) is 8.75. The summed E-state index contributed by atoms with van der Waals surface area (Å²) in [6, 6.07) is 0.675. The van der Waals surface area contributed by atoms with Crippen LogP contribution in [-0.4, -0.2) is 50.1 Å². The Kier molecular flexibility index (Phi) is 7.04. The van der Waals surface area contributed by atoms with Crippen LogP contribution in [-0.2, 0) is 0 Å². The SMILES string of the molecule is CNC1C(CN(C)CCCSC)CCCC1(C)C. The first kappa shape index (κ1) is 16.3. The summed E-state index contributed by atoms with van der Waals surface area (Å²) in [5.41, 5.74) is 0.456. The van der Waals surface area contributed by atoms with Gasteiger partial charge in [0.25, 0.3) is 0 Å². The maximum atomic E-state index is 3.59. The van der Waals surface area contributed by atoms with E-state index in [1.165, 1.54) is 44.5 Å². The molecule has 2 nitrogen and oxygen atoms in total. The highest BCUT2D eigenvalue weighted by Crippen LogP contribution is 2.39. The van der Waals surface area contributed by atoms with E-state index in [1.54, 1.807) is 0 Å². The van der Waals surface area contributed by atoms with Crippen molar-refractivity contribution in [3.8, 4) is 0 Å². The quantitative estimate of drug-likeness (QED) is 0.717. The minimum atomic E-state index is 0.456. The first-order valence-electron chi connectivity index (χ1n) is 7.36. The van der Waals surface area contributed by atoms with Crippen LogP contribution in [0.25, 0.3) is 0 Å². The van der Waals surface area contributed by atoms with Crippen LogP contribution in [0.15, 0.2) is 0 Å². The van der Waals surface area contributed by atoms with Gasteiger partial charge in [0.15, 0.2) is 0 Å². The Morgan fingerprint density at radius 2 is 2.11 bits per heavy atom. The van der Waals surface area contributed by atoms with Gasteiger partial charge in [-0.3, -0.25) is 0 Å². The molecule has 1 saturated carbocycles. The molecule has 1 fully saturated rings. The molecule has 1 rings (SSSR count). The van der Waals surface area contributed by atoms with Gasteiger partial charge in [0.2, 0.25) is 0 Å². The lowest BCUT2D eigenvalue weighted by Gasteiger charge is -2.45. The summed E-state index contributed by atoms with van der Waals surface area (Å²) < 4.78 is 0. The lowest BCUT2D eigenvalue weighted by Crippen LogP contribution is -2.51. The Balaban J connectivity index is 2.43. The van der Waals surface area contributed by atoms with Crippen LogP contribution in [0.1, 0.15) is 39.5 Å². The molecule has 0 amide bonds. The minimum Gasteiger partial charge on any atom is -0.316 e. The number of nitrogens with zero attached hydrogens (tertiary/aromatic N) is 1. The van der Waals surface area contributed by atoms with Crippen LogP contribution in [0.5, 0.6) is 0 Å². The highest BCUT2D eigenvalue weighted by atomic mass is 32.2. The molecule has 2 unspecified atom stereocenters. The van der Waals surface area contributed by atoms with Gasteiger partial charge in [0.1, 0.15) is 0 Å². The summed E-state index contributed by atoms with van der Waals surface area (Å²) in [7, 11) is 4.42. The molecule has 0 bridgehead atoms. The molecule has 1 aliphatic carbocycles. The molecule has 1 aliphatic rings. The van der Waals surface area contributed by atoms with Gasteiger partial charge >= 0.3 is 0 Å². The molecule has 0 saturated heterocycles. The lowest BCUT2D eigenvalue weighted by atomic mass is 9.68. The zero-order valence-electron chi connectivity index (χ0n) is 13.0. The van der Waals surface area contributed by atoms with Crippen molar-refractivity contribution in [1.29, 1.82) is 0 Å². The molecule has 108 valence electrons. The van der Waals surface area contributed by atoms with Crippen molar-refractivity contribution < 1.29 is 0 Å². The fourth-order valence-corrected chi connectivity index (χ4v) is 3.99. The summed E-state index contributed by atoms with van der Waals surface area (Å²) in [5.74, 6) is 2.11. The molecule has 0 aromatic carbocycles. The number of thioether (sulfide) groups is 1. The van der Waals surface area contributed by atoms with Crippen molar-refractivity contribution >= 4 is 11.8 Å². The van der Waals surface area contributed by atoms with Gasteiger partial charge in [-0.15, -0.1) is 0 Å². The Morgan fingerprint density at radius 1 is 1.39 bits per heavy atom. The molecule has 0 radical (unpaired) electrons. The highest BCUT2D eigenvalue weighted by molar-refractivity contribution is 7.98. The summed E-state index contributed by atoms with van der Waals surface area (Å²) in [6.45, 7) is 7.35. The fourth-order valence-electron chi connectivity index (χ4n) is 3.57. The first-order chi connectivity index (χ1) is 8.51. The van der Waals surface area contributed by atoms with Crippen LogP contribution < -0.4 is 5.32 Å². The van der Waals surface area contributed by atoms with E-state index in [0.717, 1.165) is 5.92 Å². The van der Waals surface area contributed by atoms with Crippen molar-refractivity contribution in [3.63, 3.8) is 0 Å². The van der Waals surface area contributed by atoms with Crippen LogP contribution in [0.4, 0.5) is 0 Å². The van der Waals surface area contributed by atoms with E-state index in [2.05, 4.69) is 44.4 Å². The average molecular weight is 273 g/mol. The molecule has 0 aliphatic heterocycles. The van der Waals surface area contributed by atoms with E-state index < -0.39 is 0 Å². The maximum absolute atomic E-state index is 3.59. The van der Waals surface area contributed by atoms with Gasteiger partial charge in [-0.2, -0.15) is 11.8 Å². The summed E-state index contributed by atoms with van der Waals surface area (Å²) in [4.78, 5) is 2.53. The normalized spacial score (nSPS) is 27.7. The van der Waals surface area contributed by atoms with Crippen LogP contribution in [0.3, 0.4) is 0 Å². The molecule has 3 heteroatoms. The topological polar surface area (TPSA) is 15.3 Å². The van der Waals surface area contributed by atoms with Crippen molar-refractivity contribution in [3.05, 3.63) is 0 Å². The Bertz CT molecular complexity index is 231. The van der Waals surface area contributed by atoms with Crippen LogP contribution in [0, 0.1) is 11.3 Å². The van der Waals surface area contributed by atoms with E-state index in [1.807, 2.05) is 11.8 Å². The molecule has 2 atom stereocenters. The zero-order chi connectivity index (χ0) is 13.6. The highest BCUT2D eigenvalue weighted by Gasteiger charge is 2.37. The lowest BCUT2D eigenvalue weighted by molar-refractivity contribution is 0.0906. The van der Waals surface area contributed by atoms with Gasteiger partial charge in [-0.05, 0) is 63.2 Å². The second-order valence-electron chi connectivity index (χ2n) is 6.52. The molecule has 0 spiro atoms. The van der Waals surface area contributed by atoms with Crippen molar-refractivity contribution in [2.24, 2.45) is 11.3 Å². The van der Waals surface area contributed by atoms with E-state index in [0.29, 0.717) is 11.5 Å². The Labute approximate surface area is 118 Å². The second-order valence-corrected chi connectivity index (χ2v) is 7.50.